The van der Waals surface area contributed by atoms with E-state index in [1.807, 2.05) is 0 Å². The van der Waals surface area contributed by atoms with Crippen molar-refractivity contribution in [3.8, 4) is 0 Å². The van der Waals surface area contributed by atoms with Crippen molar-refractivity contribution in [1.82, 2.24) is 14.7 Å². The Morgan fingerprint density at radius 1 is 0.857 bits per heavy atom. The van der Waals surface area contributed by atoms with Gasteiger partial charge in [0.2, 0.25) is 0 Å². The fourth-order valence-electron chi connectivity index (χ4n) is 2.60. The van der Waals surface area contributed by atoms with Crippen molar-refractivity contribution in [3.05, 3.63) is 0 Å². The first kappa shape index (κ1) is 18.8. The first-order chi connectivity index (χ1) is 10.3. The third kappa shape index (κ3) is 9.42. The monoisotopic (exact) mass is 301 g/mol. The van der Waals surface area contributed by atoms with Crippen LogP contribution >= 0.6 is 0 Å². The van der Waals surface area contributed by atoms with Crippen LogP contribution in [0.1, 0.15) is 20.3 Å². The third-order valence-electron chi connectivity index (χ3n) is 4.06. The van der Waals surface area contributed by atoms with E-state index in [1.165, 1.54) is 39.1 Å². The minimum atomic E-state index is 0.806. The lowest BCUT2D eigenvalue weighted by Gasteiger charge is -2.33. The molecule has 126 valence electrons. The van der Waals surface area contributed by atoms with Gasteiger partial charge in [0.05, 0.1) is 13.2 Å². The number of ether oxygens (including phenoxy) is 2. The minimum absolute atomic E-state index is 0.806. The average Bonchev–Trinajstić information content (AvgIpc) is 2.49. The molecule has 0 N–H and O–H groups in total. The van der Waals surface area contributed by atoms with Gasteiger partial charge in [-0.05, 0) is 40.4 Å². The number of hydrogen-bond donors (Lipinski definition) is 0. The summed E-state index contributed by atoms with van der Waals surface area (Å²) in [4.78, 5) is 7.47. The lowest BCUT2D eigenvalue weighted by Crippen LogP contribution is -2.45. The Labute approximate surface area is 131 Å². The quantitative estimate of drug-likeness (QED) is 0.502. The minimum Gasteiger partial charge on any atom is -0.380 e. The normalized spacial score (nSPS) is 17.7. The molecule has 5 nitrogen and oxygen atoms in total. The Kier molecular flexibility index (Phi) is 11.1. The topological polar surface area (TPSA) is 28.2 Å². The van der Waals surface area contributed by atoms with E-state index in [4.69, 9.17) is 9.47 Å². The van der Waals surface area contributed by atoms with Crippen LogP contribution in [0.5, 0.6) is 0 Å². The molecule has 1 aliphatic rings. The smallest absolute Gasteiger partial charge is 0.0593 e. The van der Waals surface area contributed by atoms with Gasteiger partial charge in [0, 0.05) is 52.5 Å². The Bertz CT molecular complexity index is 224. The molecule has 0 aromatic rings. The molecule has 5 heteroatoms. The molecule has 0 bridgehead atoms. The van der Waals surface area contributed by atoms with E-state index in [0.717, 1.165) is 46.1 Å². The molecule has 0 amide bonds. The van der Waals surface area contributed by atoms with Gasteiger partial charge in [0.15, 0.2) is 0 Å². The Hall–Kier alpha value is -0.200. The van der Waals surface area contributed by atoms with Gasteiger partial charge in [-0.1, -0.05) is 0 Å². The van der Waals surface area contributed by atoms with Crippen molar-refractivity contribution >= 4 is 0 Å². The standard InChI is InChI=1S/C16H35N3O2/c1-4-20-15-13-19(14-16-21-5-2)8-6-7-18-11-9-17(3)10-12-18/h4-16H2,1-3H3. The van der Waals surface area contributed by atoms with E-state index in [9.17, 15) is 0 Å². The SMILES string of the molecule is CCOCCN(CCCN1CCN(C)CC1)CCOCC. The summed E-state index contributed by atoms with van der Waals surface area (Å²) in [6.45, 7) is 16.6. The Morgan fingerprint density at radius 3 is 1.95 bits per heavy atom. The highest BCUT2D eigenvalue weighted by Gasteiger charge is 2.13. The Balaban J connectivity index is 2.14. The van der Waals surface area contributed by atoms with Crippen molar-refractivity contribution in [2.24, 2.45) is 0 Å². The molecular weight excluding hydrogens is 266 g/mol. The van der Waals surface area contributed by atoms with Crippen LogP contribution in [0, 0.1) is 0 Å². The first-order valence-corrected chi connectivity index (χ1v) is 8.55. The van der Waals surface area contributed by atoms with Crippen LogP contribution in [0.3, 0.4) is 0 Å². The van der Waals surface area contributed by atoms with Crippen LogP contribution in [-0.4, -0.2) is 101 Å². The maximum atomic E-state index is 5.48. The largest absolute Gasteiger partial charge is 0.380 e. The summed E-state index contributed by atoms with van der Waals surface area (Å²) < 4.78 is 11.0. The molecular formula is C16H35N3O2. The van der Waals surface area contributed by atoms with E-state index in [-0.39, 0.29) is 0 Å². The second kappa shape index (κ2) is 12.4. The van der Waals surface area contributed by atoms with Gasteiger partial charge < -0.3 is 19.3 Å². The number of likely N-dealkylation sites (N-methyl/N-ethyl adjacent to an activating group) is 1. The van der Waals surface area contributed by atoms with E-state index in [0.29, 0.717) is 0 Å². The summed E-state index contributed by atoms with van der Waals surface area (Å²) in [6, 6.07) is 0. The summed E-state index contributed by atoms with van der Waals surface area (Å²) in [5, 5.41) is 0. The average molecular weight is 301 g/mol. The molecule has 0 spiro atoms. The van der Waals surface area contributed by atoms with Gasteiger partial charge in [-0.3, -0.25) is 4.90 Å². The molecule has 0 aliphatic carbocycles. The van der Waals surface area contributed by atoms with Gasteiger partial charge in [-0.2, -0.15) is 0 Å². The fourth-order valence-corrected chi connectivity index (χ4v) is 2.60. The maximum absolute atomic E-state index is 5.48. The van der Waals surface area contributed by atoms with Crippen molar-refractivity contribution < 1.29 is 9.47 Å². The summed E-state index contributed by atoms with van der Waals surface area (Å²) >= 11 is 0. The second-order valence-electron chi connectivity index (χ2n) is 5.73. The van der Waals surface area contributed by atoms with Crippen LogP contribution in [0.25, 0.3) is 0 Å². The van der Waals surface area contributed by atoms with Crippen molar-refractivity contribution in [2.75, 3.05) is 85.8 Å². The maximum Gasteiger partial charge on any atom is 0.0593 e. The number of rotatable bonds is 12. The fraction of sp³-hybridized carbons (Fsp3) is 1.00. The van der Waals surface area contributed by atoms with Gasteiger partial charge in [0.25, 0.3) is 0 Å². The van der Waals surface area contributed by atoms with Crippen LogP contribution in [0.2, 0.25) is 0 Å². The van der Waals surface area contributed by atoms with Crippen LogP contribution < -0.4 is 0 Å². The lowest BCUT2D eigenvalue weighted by atomic mass is 10.3. The van der Waals surface area contributed by atoms with Crippen LogP contribution in [0.4, 0.5) is 0 Å². The highest BCUT2D eigenvalue weighted by atomic mass is 16.5. The molecule has 0 saturated carbocycles. The molecule has 1 heterocycles. The van der Waals surface area contributed by atoms with Gasteiger partial charge in [-0.15, -0.1) is 0 Å². The summed E-state index contributed by atoms with van der Waals surface area (Å²) in [6.07, 6.45) is 1.24. The van der Waals surface area contributed by atoms with E-state index >= 15 is 0 Å². The molecule has 1 fully saturated rings. The highest BCUT2D eigenvalue weighted by molar-refractivity contribution is 4.70. The van der Waals surface area contributed by atoms with Crippen molar-refractivity contribution in [3.63, 3.8) is 0 Å². The van der Waals surface area contributed by atoms with Gasteiger partial charge >= 0.3 is 0 Å². The summed E-state index contributed by atoms with van der Waals surface area (Å²) in [5.74, 6) is 0. The molecule has 1 rings (SSSR count). The summed E-state index contributed by atoms with van der Waals surface area (Å²) in [7, 11) is 2.21. The highest BCUT2D eigenvalue weighted by Crippen LogP contribution is 2.01. The zero-order valence-electron chi connectivity index (χ0n) is 14.4. The first-order valence-electron chi connectivity index (χ1n) is 8.55. The molecule has 0 radical (unpaired) electrons. The van der Waals surface area contributed by atoms with E-state index in [1.54, 1.807) is 0 Å². The number of nitrogens with zero attached hydrogens (tertiary/aromatic N) is 3. The summed E-state index contributed by atoms with van der Waals surface area (Å²) in [5.41, 5.74) is 0. The molecule has 1 aliphatic heterocycles. The van der Waals surface area contributed by atoms with E-state index < -0.39 is 0 Å². The van der Waals surface area contributed by atoms with Gasteiger partial charge in [0.1, 0.15) is 0 Å². The number of piperazine rings is 1. The lowest BCUT2D eigenvalue weighted by molar-refractivity contribution is 0.0790. The van der Waals surface area contributed by atoms with Crippen LogP contribution in [0.15, 0.2) is 0 Å². The van der Waals surface area contributed by atoms with Crippen molar-refractivity contribution in [1.29, 1.82) is 0 Å². The Morgan fingerprint density at radius 2 is 1.43 bits per heavy atom. The zero-order chi connectivity index (χ0) is 15.3. The molecule has 0 unspecified atom stereocenters. The third-order valence-corrected chi connectivity index (χ3v) is 4.06. The molecule has 21 heavy (non-hydrogen) atoms. The van der Waals surface area contributed by atoms with E-state index in [2.05, 4.69) is 35.6 Å². The molecule has 0 atom stereocenters. The van der Waals surface area contributed by atoms with Crippen molar-refractivity contribution in [2.45, 2.75) is 20.3 Å². The molecule has 0 aromatic heterocycles. The second-order valence-corrected chi connectivity index (χ2v) is 5.73. The predicted octanol–water partition coefficient (Wildman–Crippen LogP) is 0.999. The van der Waals surface area contributed by atoms with Gasteiger partial charge in [-0.25, -0.2) is 0 Å². The molecule has 0 aromatic carbocycles. The van der Waals surface area contributed by atoms with Crippen LogP contribution in [-0.2, 0) is 9.47 Å². The zero-order valence-corrected chi connectivity index (χ0v) is 14.4. The predicted molar refractivity (Wildman–Crippen MR) is 88.0 cm³/mol. The molecule has 1 saturated heterocycles. The number of hydrogen-bond acceptors (Lipinski definition) is 5.